The van der Waals surface area contributed by atoms with Crippen LogP contribution in [0.4, 0.5) is 0 Å². The zero-order valence-corrected chi connectivity index (χ0v) is 15.9. The van der Waals surface area contributed by atoms with Crippen molar-refractivity contribution in [3.05, 3.63) is 67.5 Å². The molecule has 0 fully saturated rings. The second kappa shape index (κ2) is 8.29. The van der Waals surface area contributed by atoms with Gasteiger partial charge in [0.25, 0.3) is 5.56 Å². The molecule has 0 saturated carbocycles. The molecule has 24 heavy (non-hydrogen) atoms. The number of ether oxygens (including phenoxy) is 1. The van der Waals surface area contributed by atoms with Crippen LogP contribution in [0.3, 0.4) is 0 Å². The van der Waals surface area contributed by atoms with Crippen LogP contribution in [0.25, 0.3) is 0 Å². The van der Waals surface area contributed by atoms with Crippen LogP contribution >= 0.6 is 15.9 Å². The minimum absolute atomic E-state index is 0.00379. The number of benzene rings is 1. The van der Waals surface area contributed by atoms with Crippen molar-refractivity contribution >= 4 is 21.9 Å². The Hall–Kier alpha value is -1.88. The molecule has 0 unspecified atom stereocenters. The number of hydrogen-bond donors (Lipinski definition) is 0. The lowest BCUT2D eigenvalue weighted by Gasteiger charge is -2.12. The molecule has 0 amide bonds. The number of halogens is 1. The Labute approximate surface area is 150 Å². The second-order valence-electron chi connectivity index (χ2n) is 5.35. The van der Waals surface area contributed by atoms with E-state index in [1.54, 1.807) is 10.6 Å². The molecule has 0 aliphatic carbocycles. The van der Waals surface area contributed by atoms with Gasteiger partial charge in [-0.3, -0.25) is 4.79 Å². The van der Waals surface area contributed by atoms with E-state index in [9.17, 15) is 9.59 Å². The van der Waals surface area contributed by atoms with Gasteiger partial charge in [0.05, 0.1) is 12.7 Å². The quantitative estimate of drug-likeness (QED) is 0.743. The number of carbonyl (C=O) groups is 1. The highest BCUT2D eigenvalue weighted by atomic mass is 79.9. The topological polar surface area (TPSA) is 48.3 Å². The molecule has 0 bridgehead atoms. The van der Waals surface area contributed by atoms with Crippen molar-refractivity contribution in [3.63, 3.8) is 0 Å². The molecular formula is C19H22BrNO3. The van der Waals surface area contributed by atoms with Crippen LogP contribution < -0.4 is 5.56 Å². The average Bonchev–Trinajstić information content (AvgIpc) is 3.10. The number of pyridine rings is 1. The number of rotatable bonds is 3. The van der Waals surface area contributed by atoms with E-state index in [4.69, 9.17) is 4.74 Å². The first-order valence-electron chi connectivity index (χ1n) is 8.19. The van der Waals surface area contributed by atoms with Gasteiger partial charge in [-0.2, -0.15) is 0 Å². The van der Waals surface area contributed by atoms with Gasteiger partial charge in [0.15, 0.2) is 0 Å². The number of esters is 1. The Balaban J connectivity index is 0.00000100. The van der Waals surface area contributed by atoms with Gasteiger partial charge in [-0.25, -0.2) is 4.79 Å². The number of carbonyl (C=O) groups excluding carboxylic acids is 1. The van der Waals surface area contributed by atoms with Crippen LogP contribution in [-0.4, -0.2) is 17.6 Å². The highest BCUT2D eigenvalue weighted by Gasteiger charge is 2.23. The zero-order chi connectivity index (χ0) is 17.7. The van der Waals surface area contributed by atoms with E-state index in [0.29, 0.717) is 24.1 Å². The Morgan fingerprint density at radius 1 is 1.25 bits per heavy atom. The molecule has 1 aliphatic heterocycles. The van der Waals surface area contributed by atoms with Crippen LogP contribution in [0.15, 0.2) is 39.6 Å². The summed E-state index contributed by atoms with van der Waals surface area (Å²) in [5.74, 6) is -0.376. The van der Waals surface area contributed by atoms with Crippen LogP contribution in [0.2, 0.25) is 0 Å². The predicted octanol–water partition coefficient (Wildman–Crippen LogP) is 3.96. The monoisotopic (exact) mass is 391 g/mol. The lowest BCUT2D eigenvalue weighted by atomic mass is 10.0. The highest BCUT2D eigenvalue weighted by Crippen LogP contribution is 2.22. The maximum Gasteiger partial charge on any atom is 0.339 e. The molecule has 0 spiro atoms. The molecular weight excluding hydrogens is 370 g/mol. The molecule has 128 valence electrons. The van der Waals surface area contributed by atoms with Gasteiger partial charge in [-0.15, -0.1) is 0 Å². The van der Waals surface area contributed by atoms with Crippen LogP contribution in [0.5, 0.6) is 0 Å². The lowest BCUT2D eigenvalue weighted by Crippen LogP contribution is -2.26. The highest BCUT2D eigenvalue weighted by molar-refractivity contribution is 9.10. The normalized spacial score (nSPS) is 12.2. The molecule has 2 aromatic rings. The van der Waals surface area contributed by atoms with Crippen LogP contribution in [0.1, 0.15) is 47.4 Å². The number of nitrogens with zero attached hydrogens (tertiary/aromatic N) is 1. The third-order valence-corrected chi connectivity index (χ3v) is 4.79. The maximum absolute atomic E-state index is 12.6. The number of methoxy groups -OCH3 is 1. The smallest absolute Gasteiger partial charge is 0.339 e. The van der Waals surface area contributed by atoms with Crippen molar-refractivity contribution < 1.29 is 9.53 Å². The third-order valence-electron chi connectivity index (χ3n) is 4.01. The van der Waals surface area contributed by atoms with E-state index in [-0.39, 0.29) is 11.5 Å². The summed E-state index contributed by atoms with van der Waals surface area (Å²) in [5, 5.41) is 0. The van der Waals surface area contributed by atoms with Crippen molar-refractivity contribution in [2.45, 2.75) is 39.7 Å². The zero-order valence-electron chi connectivity index (χ0n) is 14.3. The van der Waals surface area contributed by atoms with Crippen molar-refractivity contribution in [3.8, 4) is 0 Å². The van der Waals surface area contributed by atoms with Gasteiger partial charge in [0, 0.05) is 28.7 Å². The number of aromatic nitrogens is 1. The maximum atomic E-state index is 12.6. The summed E-state index contributed by atoms with van der Waals surface area (Å²) >= 11 is 3.50. The molecule has 1 aliphatic rings. The Kier molecular flexibility index (Phi) is 6.37. The van der Waals surface area contributed by atoms with Gasteiger partial charge in [-0.05, 0) is 30.5 Å². The van der Waals surface area contributed by atoms with Gasteiger partial charge >= 0.3 is 5.97 Å². The summed E-state index contributed by atoms with van der Waals surface area (Å²) in [5.41, 5.74) is 2.96. The Morgan fingerprint density at radius 2 is 1.96 bits per heavy atom. The standard InChI is InChI=1S/C17H16BrNO3.C2H6/c1-22-17(21)13-10-12(9-11-5-2-3-6-14(11)18)16(20)19-8-4-7-15(13)19;1-2/h2-3,5-6,10H,4,7-9H2,1H3;1-2H3. The summed E-state index contributed by atoms with van der Waals surface area (Å²) in [4.78, 5) is 24.6. The van der Waals surface area contributed by atoms with E-state index in [0.717, 1.165) is 28.6 Å². The summed E-state index contributed by atoms with van der Waals surface area (Å²) < 4.78 is 7.55. The fraction of sp³-hybridized carbons (Fsp3) is 0.368. The molecule has 3 rings (SSSR count). The minimum Gasteiger partial charge on any atom is -0.465 e. The SMILES string of the molecule is CC.COC(=O)c1cc(Cc2ccccc2Br)c(=O)n2c1CCC2. The van der Waals surface area contributed by atoms with Crippen molar-refractivity contribution in [1.29, 1.82) is 0 Å². The van der Waals surface area contributed by atoms with Gasteiger partial charge in [0.1, 0.15) is 0 Å². The summed E-state index contributed by atoms with van der Waals surface area (Å²) in [6, 6.07) is 9.49. The average molecular weight is 392 g/mol. The lowest BCUT2D eigenvalue weighted by molar-refractivity contribution is 0.0598. The minimum atomic E-state index is -0.376. The molecule has 1 aromatic heterocycles. The molecule has 0 radical (unpaired) electrons. The molecule has 0 N–H and O–H groups in total. The summed E-state index contributed by atoms with van der Waals surface area (Å²) in [6.45, 7) is 4.67. The first-order valence-corrected chi connectivity index (χ1v) is 8.98. The number of fused-ring (bicyclic) bond motifs is 1. The Bertz CT molecular complexity index is 796. The summed E-state index contributed by atoms with van der Waals surface area (Å²) in [7, 11) is 1.37. The van der Waals surface area contributed by atoms with E-state index >= 15 is 0 Å². The fourth-order valence-corrected chi connectivity index (χ4v) is 3.36. The largest absolute Gasteiger partial charge is 0.465 e. The molecule has 2 heterocycles. The molecule has 5 heteroatoms. The fourth-order valence-electron chi connectivity index (χ4n) is 2.93. The van der Waals surface area contributed by atoms with E-state index < -0.39 is 0 Å². The van der Waals surface area contributed by atoms with Gasteiger partial charge < -0.3 is 9.30 Å². The van der Waals surface area contributed by atoms with Crippen molar-refractivity contribution in [1.82, 2.24) is 4.57 Å². The third kappa shape index (κ3) is 3.61. The predicted molar refractivity (Wildman–Crippen MR) is 98.7 cm³/mol. The van der Waals surface area contributed by atoms with E-state index in [1.165, 1.54) is 7.11 Å². The molecule has 0 atom stereocenters. The van der Waals surface area contributed by atoms with Crippen molar-refractivity contribution in [2.24, 2.45) is 0 Å². The molecule has 4 nitrogen and oxygen atoms in total. The van der Waals surface area contributed by atoms with Gasteiger partial charge in [0.2, 0.25) is 0 Å². The van der Waals surface area contributed by atoms with Crippen molar-refractivity contribution in [2.75, 3.05) is 7.11 Å². The van der Waals surface area contributed by atoms with Crippen LogP contribution in [-0.2, 0) is 24.1 Å². The molecule has 1 aromatic carbocycles. The van der Waals surface area contributed by atoms with E-state index in [1.807, 2.05) is 38.1 Å². The van der Waals surface area contributed by atoms with Crippen LogP contribution in [0, 0.1) is 0 Å². The first kappa shape index (κ1) is 18.5. The summed E-state index contributed by atoms with van der Waals surface area (Å²) in [6.07, 6.45) is 2.12. The molecule has 0 saturated heterocycles. The van der Waals surface area contributed by atoms with E-state index in [2.05, 4.69) is 15.9 Å². The Morgan fingerprint density at radius 3 is 2.62 bits per heavy atom. The number of hydrogen-bond acceptors (Lipinski definition) is 3. The first-order chi connectivity index (χ1) is 11.6. The second-order valence-corrected chi connectivity index (χ2v) is 6.20. The van der Waals surface area contributed by atoms with Gasteiger partial charge in [-0.1, -0.05) is 48.0 Å².